The molecule has 3 aliphatic rings. The maximum absolute atomic E-state index is 11.8. The van der Waals surface area contributed by atoms with Gasteiger partial charge >= 0.3 is 6.03 Å². The van der Waals surface area contributed by atoms with Crippen LogP contribution in [0.25, 0.3) is 0 Å². The molecular weight excluding hydrogens is 220 g/mol. The number of urea groups is 1. The second-order valence-electron chi connectivity index (χ2n) is 5.60. The molecule has 3 fully saturated rings. The van der Waals surface area contributed by atoms with Crippen LogP contribution in [0, 0.1) is 5.41 Å². The summed E-state index contributed by atoms with van der Waals surface area (Å²) in [5.74, 6) is -0.135. The van der Waals surface area contributed by atoms with Gasteiger partial charge in [-0.05, 0) is 43.9 Å². The summed E-state index contributed by atoms with van der Waals surface area (Å²) in [5, 5.41) is 5.17. The van der Waals surface area contributed by atoms with E-state index in [-0.39, 0.29) is 11.9 Å². The van der Waals surface area contributed by atoms with Crippen molar-refractivity contribution in [3.05, 3.63) is 0 Å². The average molecular weight is 238 g/mol. The molecule has 2 saturated heterocycles. The molecule has 1 aliphatic carbocycles. The van der Waals surface area contributed by atoms with Gasteiger partial charge in [-0.15, -0.1) is 0 Å². The molecule has 0 radical (unpaired) electrons. The lowest BCUT2D eigenvalue weighted by molar-refractivity contribution is -0.126. The smallest absolute Gasteiger partial charge is 0.322 e. The topological polar surface area (TPSA) is 67.4 Å². The molecule has 3 amide bonds. The number of hydrogen-bond acceptors (Lipinski definition) is 3. The van der Waals surface area contributed by atoms with E-state index in [9.17, 15) is 9.59 Å². The van der Waals surface area contributed by atoms with Gasteiger partial charge < -0.3 is 10.1 Å². The number of rotatable bonds is 0. The number of ether oxygens (including phenoxy) is 1. The van der Waals surface area contributed by atoms with Gasteiger partial charge in [0, 0.05) is 13.2 Å². The average Bonchev–Trinajstić information content (AvgIpc) is 2.60. The summed E-state index contributed by atoms with van der Waals surface area (Å²) in [6.45, 7) is 1.68. The third-order valence-electron chi connectivity index (χ3n) is 4.73. The minimum atomic E-state index is -0.610. The lowest BCUT2D eigenvalue weighted by Gasteiger charge is -2.45. The van der Waals surface area contributed by atoms with Crippen LogP contribution in [-0.2, 0) is 9.53 Å². The van der Waals surface area contributed by atoms with Gasteiger partial charge in [-0.2, -0.15) is 0 Å². The standard InChI is InChI=1S/C12H18N2O3/c15-9-12(14-10(16)13-9)3-1-11(2-4-12)5-7-17-8-6-11/h1-8H2,(H2,13,14,15,16). The van der Waals surface area contributed by atoms with E-state index in [1.807, 2.05) is 0 Å². The Hall–Kier alpha value is -1.10. The van der Waals surface area contributed by atoms with Crippen molar-refractivity contribution >= 4 is 11.9 Å². The van der Waals surface area contributed by atoms with Gasteiger partial charge in [-0.3, -0.25) is 10.1 Å². The Labute approximate surface area is 100 Å². The predicted octanol–water partition coefficient (Wildman–Crippen LogP) is 0.935. The highest BCUT2D eigenvalue weighted by molar-refractivity contribution is 6.07. The minimum Gasteiger partial charge on any atom is -0.381 e. The van der Waals surface area contributed by atoms with E-state index < -0.39 is 5.54 Å². The SMILES string of the molecule is O=C1NC(=O)C2(CCC3(CCOCC3)CC2)N1. The molecule has 3 rings (SSSR count). The van der Waals surface area contributed by atoms with Gasteiger partial charge in [0.15, 0.2) is 0 Å². The normalized spacial score (nSPS) is 30.4. The summed E-state index contributed by atoms with van der Waals surface area (Å²) in [5.41, 5.74) is -0.252. The maximum Gasteiger partial charge on any atom is 0.322 e. The molecule has 2 N–H and O–H groups in total. The lowest BCUT2D eigenvalue weighted by atomic mass is 9.64. The summed E-state index contributed by atoms with van der Waals surface area (Å²) < 4.78 is 5.40. The molecule has 0 aromatic heterocycles. The van der Waals surface area contributed by atoms with Crippen molar-refractivity contribution in [1.82, 2.24) is 10.6 Å². The second-order valence-corrected chi connectivity index (χ2v) is 5.60. The van der Waals surface area contributed by atoms with E-state index in [2.05, 4.69) is 10.6 Å². The summed E-state index contributed by atoms with van der Waals surface area (Å²) in [7, 11) is 0. The molecule has 0 atom stereocenters. The second kappa shape index (κ2) is 3.70. The van der Waals surface area contributed by atoms with Crippen LogP contribution in [0.4, 0.5) is 4.79 Å². The van der Waals surface area contributed by atoms with Gasteiger partial charge in [-0.25, -0.2) is 4.79 Å². The fourth-order valence-corrected chi connectivity index (χ4v) is 3.39. The number of hydrogen-bond donors (Lipinski definition) is 2. The molecule has 94 valence electrons. The highest BCUT2D eigenvalue weighted by Crippen LogP contribution is 2.47. The number of imide groups is 1. The maximum atomic E-state index is 11.8. The van der Waals surface area contributed by atoms with Crippen LogP contribution >= 0.6 is 0 Å². The largest absolute Gasteiger partial charge is 0.381 e. The Bertz CT molecular complexity index is 351. The van der Waals surface area contributed by atoms with Crippen molar-refractivity contribution < 1.29 is 14.3 Å². The highest BCUT2D eigenvalue weighted by Gasteiger charge is 2.51. The molecule has 17 heavy (non-hydrogen) atoms. The fraction of sp³-hybridized carbons (Fsp3) is 0.833. The Balaban J connectivity index is 1.71. The predicted molar refractivity (Wildman–Crippen MR) is 60.4 cm³/mol. The first-order valence-electron chi connectivity index (χ1n) is 6.36. The summed E-state index contributed by atoms with van der Waals surface area (Å²) in [4.78, 5) is 23.0. The Morgan fingerprint density at radius 1 is 0.941 bits per heavy atom. The molecule has 2 spiro atoms. The van der Waals surface area contributed by atoms with Gasteiger partial charge in [-0.1, -0.05) is 0 Å². The van der Waals surface area contributed by atoms with E-state index >= 15 is 0 Å². The fourth-order valence-electron chi connectivity index (χ4n) is 3.39. The van der Waals surface area contributed by atoms with Crippen LogP contribution in [-0.4, -0.2) is 30.7 Å². The van der Waals surface area contributed by atoms with E-state index in [0.29, 0.717) is 5.41 Å². The molecule has 0 unspecified atom stereocenters. The lowest BCUT2D eigenvalue weighted by Crippen LogP contribution is -2.52. The van der Waals surface area contributed by atoms with E-state index in [1.54, 1.807) is 0 Å². The highest BCUT2D eigenvalue weighted by atomic mass is 16.5. The first-order valence-corrected chi connectivity index (χ1v) is 6.36. The zero-order valence-electron chi connectivity index (χ0n) is 9.88. The number of amides is 3. The monoisotopic (exact) mass is 238 g/mol. The van der Waals surface area contributed by atoms with Crippen LogP contribution in [0.3, 0.4) is 0 Å². The summed E-state index contributed by atoms with van der Waals surface area (Å²) in [6, 6.07) is -0.335. The summed E-state index contributed by atoms with van der Waals surface area (Å²) in [6.07, 6.45) is 5.76. The molecule has 1 saturated carbocycles. The van der Waals surface area contributed by atoms with Crippen molar-refractivity contribution in [3.8, 4) is 0 Å². The van der Waals surface area contributed by atoms with E-state index in [0.717, 1.165) is 51.7 Å². The van der Waals surface area contributed by atoms with Crippen molar-refractivity contribution in [2.45, 2.75) is 44.1 Å². The molecule has 5 nitrogen and oxygen atoms in total. The molecule has 0 aromatic rings. The Kier molecular flexibility index (Phi) is 2.40. The van der Waals surface area contributed by atoms with E-state index in [1.165, 1.54) is 0 Å². The molecule has 0 bridgehead atoms. The third kappa shape index (κ3) is 1.73. The van der Waals surface area contributed by atoms with Gasteiger partial charge in [0.05, 0.1) is 0 Å². The molecule has 5 heteroatoms. The first kappa shape index (κ1) is 11.0. The van der Waals surface area contributed by atoms with Crippen molar-refractivity contribution in [3.63, 3.8) is 0 Å². The van der Waals surface area contributed by atoms with Crippen LogP contribution in [0.1, 0.15) is 38.5 Å². The number of carbonyl (C=O) groups excluding carboxylic acids is 2. The van der Waals surface area contributed by atoms with Gasteiger partial charge in [0.25, 0.3) is 5.91 Å². The van der Waals surface area contributed by atoms with Crippen LogP contribution in [0.2, 0.25) is 0 Å². The zero-order chi connectivity index (χ0) is 11.9. The third-order valence-corrected chi connectivity index (χ3v) is 4.73. The van der Waals surface area contributed by atoms with Gasteiger partial charge in [0.2, 0.25) is 0 Å². The van der Waals surface area contributed by atoms with E-state index in [4.69, 9.17) is 4.74 Å². The van der Waals surface area contributed by atoms with Crippen LogP contribution in [0.5, 0.6) is 0 Å². The Morgan fingerprint density at radius 3 is 2.12 bits per heavy atom. The summed E-state index contributed by atoms with van der Waals surface area (Å²) >= 11 is 0. The Morgan fingerprint density at radius 2 is 1.59 bits per heavy atom. The van der Waals surface area contributed by atoms with Crippen LogP contribution < -0.4 is 10.6 Å². The van der Waals surface area contributed by atoms with Gasteiger partial charge in [0.1, 0.15) is 5.54 Å². The quantitative estimate of drug-likeness (QED) is 0.617. The van der Waals surface area contributed by atoms with Crippen molar-refractivity contribution in [2.75, 3.05) is 13.2 Å². The minimum absolute atomic E-state index is 0.135. The van der Waals surface area contributed by atoms with Crippen molar-refractivity contribution in [1.29, 1.82) is 0 Å². The number of carbonyl (C=O) groups is 2. The molecular formula is C12H18N2O3. The first-order chi connectivity index (χ1) is 8.14. The molecule has 2 aliphatic heterocycles. The van der Waals surface area contributed by atoms with Crippen LogP contribution in [0.15, 0.2) is 0 Å². The number of nitrogens with one attached hydrogen (secondary N) is 2. The zero-order valence-corrected chi connectivity index (χ0v) is 9.88. The van der Waals surface area contributed by atoms with Crippen molar-refractivity contribution in [2.24, 2.45) is 5.41 Å². The molecule has 0 aromatic carbocycles. The molecule has 2 heterocycles.